The molecule has 3 rings (SSSR count). The zero-order valence-corrected chi connectivity index (χ0v) is 14.2. The first kappa shape index (κ1) is 17.3. The van der Waals surface area contributed by atoms with E-state index >= 15 is 0 Å². The lowest BCUT2D eigenvalue weighted by atomic mass is 10.2. The van der Waals surface area contributed by atoms with Crippen LogP contribution < -0.4 is 10.2 Å². The SMILES string of the molecule is O=Cc1cc(Br)ccc1O.Oc1cccc(N2CCNCC2)c1. The molecule has 0 atom stereocenters. The van der Waals surface area contributed by atoms with Gasteiger partial charge in [0.05, 0.1) is 5.56 Å². The van der Waals surface area contributed by atoms with E-state index in [1.807, 2.05) is 18.2 Å². The number of aldehydes is 1. The van der Waals surface area contributed by atoms with E-state index in [0.717, 1.165) is 36.3 Å². The highest BCUT2D eigenvalue weighted by atomic mass is 79.9. The van der Waals surface area contributed by atoms with E-state index in [2.05, 4.69) is 26.1 Å². The standard InChI is InChI=1S/C10H14N2O.C7H5BrO2/c13-10-3-1-2-9(8-10)12-6-4-11-5-7-12;8-6-1-2-7(10)5(3-6)4-9/h1-3,8,11,13H,4-7H2;1-4,10H. The van der Waals surface area contributed by atoms with Crippen molar-refractivity contribution in [2.45, 2.75) is 0 Å². The van der Waals surface area contributed by atoms with Crippen LogP contribution in [0.15, 0.2) is 46.9 Å². The van der Waals surface area contributed by atoms with Gasteiger partial charge in [-0.1, -0.05) is 22.0 Å². The quantitative estimate of drug-likeness (QED) is 0.700. The molecule has 0 aliphatic carbocycles. The summed E-state index contributed by atoms with van der Waals surface area (Å²) in [5.41, 5.74) is 1.41. The van der Waals surface area contributed by atoms with Crippen LogP contribution in [0.3, 0.4) is 0 Å². The van der Waals surface area contributed by atoms with Gasteiger partial charge in [-0.15, -0.1) is 0 Å². The molecule has 6 heteroatoms. The number of rotatable bonds is 2. The number of anilines is 1. The number of phenolic OH excluding ortho intramolecular Hbond substituents is 2. The number of phenols is 2. The van der Waals surface area contributed by atoms with Crippen LogP contribution in [0.5, 0.6) is 11.5 Å². The molecule has 1 saturated heterocycles. The van der Waals surface area contributed by atoms with Gasteiger partial charge in [-0.3, -0.25) is 4.79 Å². The molecule has 5 nitrogen and oxygen atoms in total. The lowest BCUT2D eigenvalue weighted by Crippen LogP contribution is -2.43. The molecule has 1 aliphatic heterocycles. The third kappa shape index (κ3) is 5.26. The third-order valence-corrected chi connectivity index (χ3v) is 3.92. The van der Waals surface area contributed by atoms with E-state index in [0.29, 0.717) is 17.6 Å². The normalized spacial score (nSPS) is 13.9. The highest BCUT2D eigenvalue weighted by Gasteiger charge is 2.09. The molecule has 1 aliphatic rings. The predicted molar refractivity (Wildman–Crippen MR) is 94.4 cm³/mol. The van der Waals surface area contributed by atoms with Crippen LogP contribution in [0.2, 0.25) is 0 Å². The van der Waals surface area contributed by atoms with Crippen LogP contribution in [0.25, 0.3) is 0 Å². The minimum Gasteiger partial charge on any atom is -0.508 e. The molecule has 0 bridgehead atoms. The molecule has 2 aromatic rings. The zero-order valence-electron chi connectivity index (χ0n) is 12.6. The van der Waals surface area contributed by atoms with E-state index in [1.54, 1.807) is 18.2 Å². The molecule has 0 spiro atoms. The molecular weight excluding hydrogens is 360 g/mol. The van der Waals surface area contributed by atoms with Gasteiger partial charge in [-0.05, 0) is 30.3 Å². The van der Waals surface area contributed by atoms with Crippen LogP contribution in [-0.2, 0) is 0 Å². The molecule has 0 saturated carbocycles. The molecule has 0 radical (unpaired) electrons. The van der Waals surface area contributed by atoms with Crippen LogP contribution >= 0.6 is 15.9 Å². The summed E-state index contributed by atoms with van der Waals surface area (Å²) in [5.74, 6) is 0.356. The summed E-state index contributed by atoms with van der Waals surface area (Å²) < 4.78 is 0.785. The maximum absolute atomic E-state index is 10.2. The van der Waals surface area contributed by atoms with Gasteiger partial charge >= 0.3 is 0 Å². The Kier molecular flexibility index (Phi) is 6.43. The molecule has 0 aromatic heterocycles. The van der Waals surface area contributed by atoms with Gasteiger partial charge in [0.1, 0.15) is 11.5 Å². The van der Waals surface area contributed by atoms with Gasteiger partial charge < -0.3 is 20.4 Å². The van der Waals surface area contributed by atoms with Gasteiger partial charge in [0.2, 0.25) is 0 Å². The van der Waals surface area contributed by atoms with E-state index < -0.39 is 0 Å². The van der Waals surface area contributed by atoms with Crippen molar-refractivity contribution >= 4 is 27.9 Å². The summed E-state index contributed by atoms with van der Waals surface area (Å²) in [6, 6.07) is 12.1. The van der Waals surface area contributed by atoms with Crippen LogP contribution in [0, 0.1) is 0 Å². The largest absolute Gasteiger partial charge is 0.508 e. The average Bonchev–Trinajstić information content (AvgIpc) is 2.58. The van der Waals surface area contributed by atoms with Gasteiger partial charge in [0.15, 0.2) is 6.29 Å². The number of nitrogens with one attached hydrogen (secondary N) is 1. The summed E-state index contributed by atoms with van der Waals surface area (Å²) in [7, 11) is 0. The second-order valence-corrected chi connectivity index (χ2v) is 5.99. The van der Waals surface area contributed by atoms with Crippen LogP contribution in [0.1, 0.15) is 10.4 Å². The Morgan fingerprint density at radius 1 is 1.09 bits per heavy atom. The number of nitrogens with zero attached hydrogens (tertiary/aromatic N) is 1. The summed E-state index contributed by atoms with van der Waals surface area (Å²) in [5, 5.41) is 21.6. The minimum absolute atomic E-state index is 0.0122. The van der Waals surface area contributed by atoms with E-state index in [9.17, 15) is 9.90 Å². The molecular formula is C17H19BrN2O3. The first-order valence-corrected chi connectivity index (χ1v) is 8.08. The summed E-state index contributed by atoms with van der Waals surface area (Å²) in [4.78, 5) is 12.5. The Morgan fingerprint density at radius 2 is 1.83 bits per heavy atom. The Bertz CT molecular complexity index is 658. The summed E-state index contributed by atoms with van der Waals surface area (Å²) in [6.45, 7) is 4.08. The monoisotopic (exact) mass is 378 g/mol. The van der Waals surface area contributed by atoms with Crippen molar-refractivity contribution in [1.82, 2.24) is 5.32 Å². The number of carbonyl (C=O) groups is 1. The number of hydrogen-bond donors (Lipinski definition) is 3. The summed E-state index contributed by atoms with van der Waals surface area (Å²) in [6.07, 6.45) is 0.611. The third-order valence-electron chi connectivity index (χ3n) is 3.43. The molecule has 2 aromatic carbocycles. The molecule has 1 heterocycles. The molecule has 3 N–H and O–H groups in total. The van der Waals surface area contributed by atoms with Crippen molar-refractivity contribution in [3.8, 4) is 11.5 Å². The van der Waals surface area contributed by atoms with Crippen LogP contribution in [0.4, 0.5) is 5.69 Å². The fourth-order valence-corrected chi connectivity index (χ4v) is 2.61. The van der Waals surface area contributed by atoms with E-state index in [4.69, 9.17) is 5.11 Å². The number of carbonyl (C=O) groups excluding carboxylic acids is 1. The zero-order chi connectivity index (χ0) is 16.7. The number of piperazine rings is 1. The smallest absolute Gasteiger partial charge is 0.153 e. The molecule has 23 heavy (non-hydrogen) atoms. The van der Waals surface area contributed by atoms with E-state index in [1.165, 1.54) is 6.07 Å². The molecule has 0 unspecified atom stereocenters. The minimum atomic E-state index is 0.0122. The first-order valence-electron chi connectivity index (χ1n) is 7.28. The lowest BCUT2D eigenvalue weighted by molar-refractivity contribution is 0.112. The average molecular weight is 379 g/mol. The number of benzene rings is 2. The van der Waals surface area contributed by atoms with Crippen molar-refractivity contribution in [3.63, 3.8) is 0 Å². The van der Waals surface area contributed by atoms with Gasteiger partial charge in [0.25, 0.3) is 0 Å². The second kappa shape index (κ2) is 8.55. The number of hydrogen-bond acceptors (Lipinski definition) is 5. The van der Waals surface area contributed by atoms with Gasteiger partial charge in [-0.25, -0.2) is 0 Å². The second-order valence-electron chi connectivity index (χ2n) is 5.08. The fourth-order valence-electron chi connectivity index (χ4n) is 2.23. The lowest BCUT2D eigenvalue weighted by Gasteiger charge is -2.29. The highest BCUT2D eigenvalue weighted by Crippen LogP contribution is 2.20. The predicted octanol–water partition coefficient (Wildman–Crippen LogP) is 2.77. The van der Waals surface area contributed by atoms with Crippen molar-refractivity contribution in [2.75, 3.05) is 31.1 Å². The Hall–Kier alpha value is -2.05. The Morgan fingerprint density at radius 3 is 2.43 bits per heavy atom. The maximum Gasteiger partial charge on any atom is 0.153 e. The van der Waals surface area contributed by atoms with Crippen molar-refractivity contribution in [1.29, 1.82) is 0 Å². The number of halogens is 1. The topological polar surface area (TPSA) is 72.8 Å². The van der Waals surface area contributed by atoms with E-state index in [-0.39, 0.29) is 5.75 Å². The Labute approximate surface area is 143 Å². The van der Waals surface area contributed by atoms with Crippen LogP contribution in [-0.4, -0.2) is 42.7 Å². The fraction of sp³-hybridized carbons (Fsp3) is 0.235. The molecule has 1 fully saturated rings. The highest BCUT2D eigenvalue weighted by molar-refractivity contribution is 9.10. The van der Waals surface area contributed by atoms with Crippen molar-refractivity contribution < 1.29 is 15.0 Å². The Balaban J connectivity index is 0.000000174. The number of aromatic hydroxyl groups is 2. The maximum atomic E-state index is 10.2. The summed E-state index contributed by atoms with van der Waals surface area (Å²) >= 11 is 3.17. The van der Waals surface area contributed by atoms with Gasteiger partial charge in [-0.2, -0.15) is 0 Å². The van der Waals surface area contributed by atoms with Crippen molar-refractivity contribution in [3.05, 3.63) is 52.5 Å². The molecule has 0 amide bonds. The first-order chi connectivity index (χ1) is 11.1. The van der Waals surface area contributed by atoms with Crippen molar-refractivity contribution in [2.24, 2.45) is 0 Å². The molecule has 122 valence electrons. The van der Waals surface area contributed by atoms with Gasteiger partial charge in [0, 0.05) is 42.4 Å².